The summed E-state index contributed by atoms with van der Waals surface area (Å²) in [6.07, 6.45) is 4.75. The third-order valence-electron chi connectivity index (χ3n) is 3.05. The highest BCUT2D eigenvalue weighted by Gasteiger charge is 2.19. The summed E-state index contributed by atoms with van der Waals surface area (Å²) in [7, 11) is 0. The number of nitrogens with zero attached hydrogens (tertiary/aromatic N) is 1. The number of rotatable bonds is 2. The van der Waals surface area contributed by atoms with Crippen molar-refractivity contribution in [1.29, 1.82) is 0 Å². The maximum absolute atomic E-state index is 3.48. The Morgan fingerprint density at radius 1 is 1.20 bits per heavy atom. The van der Waals surface area contributed by atoms with Gasteiger partial charge in [0, 0.05) is 17.6 Å². The van der Waals surface area contributed by atoms with Gasteiger partial charge >= 0.3 is 0 Å². The van der Waals surface area contributed by atoms with E-state index in [1.807, 2.05) is 11.9 Å². The third kappa shape index (κ3) is 2.99. The highest BCUT2D eigenvalue weighted by molar-refractivity contribution is 9.10. The predicted octanol–water partition coefficient (Wildman–Crippen LogP) is 3.91. The van der Waals surface area contributed by atoms with Crippen LogP contribution in [0.15, 0.2) is 28.7 Å². The fourth-order valence-electron chi connectivity index (χ4n) is 2.11. The van der Waals surface area contributed by atoms with Crippen molar-refractivity contribution in [3.8, 4) is 0 Å². The molecule has 1 aromatic rings. The SMILES string of the molecule is CSN1CCC(c2ccc(Br)cc2)CC1. The van der Waals surface area contributed by atoms with Crippen LogP contribution in [-0.2, 0) is 0 Å². The molecule has 1 aromatic carbocycles. The Labute approximate surface area is 105 Å². The quantitative estimate of drug-likeness (QED) is 0.758. The number of benzene rings is 1. The van der Waals surface area contributed by atoms with E-state index in [2.05, 4.69) is 50.8 Å². The lowest BCUT2D eigenvalue weighted by Crippen LogP contribution is -2.27. The monoisotopic (exact) mass is 285 g/mol. The normalized spacial score (nSPS) is 19.3. The van der Waals surface area contributed by atoms with Gasteiger partial charge in [0.1, 0.15) is 0 Å². The molecule has 0 radical (unpaired) electrons. The molecule has 1 nitrogen and oxygen atoms in total. The lowest BCUT2D eigenvalue weighted by molar-refractivity contribution is 0.347. The molecule has 0 atom stereocenters. The van der Waals surface area contributed by atoms with E-state index in [-0.39, 0.29) is 0 Å². The molecule has 0 spiro atoms. The molecule has 0 unspecified atom stereocenters. The van der Waals surface area contributed by atoms with Crippen molar-refractivity contribution in [3.63, 3.8) is 0 Å². The highest BCUT2D eigenvalue weighted by atomic mass is 79.9. The van der Waals surface area contributed by atoms with E-state index in [1.165, 1.54) is 36.0 Å². The summed E-state index contributed by atoms with van der Waals surface area (Å²) in [6.45, 7) is 2.45. The van der Waals surface area contributed by atoms with Crippen LogP contribution in [0.1, 0.15) is 24.3 Å². The maximum Gasteiger partial charge on any atom is 0.0175 e. The van der Waals surface area contributed by atoms with E-state index in [0.29, 0.717) is 0 Å². The number of piperidine rings is 1. The van der Waals surface area contributed by atoms with Crippen molar-refractivity contribution >= 4 is 27.9 Å². The summed E-state index contributed by atoms with van der Waals surface area (Å²) >= 11 is 5.35. The van der Waals surface area contributed by atoms with Crippen molar-refractivity contribution in [3.05, 3.63) is 34.3 Å². The first-order valence-corrected chi connectivity index (χ1v) is 7.31. The number of hydrogen-bond acceptors (Lipinski definition) is 2. The average molecular weight is 286 g/mol. The highest BCUT2D eigenvalue weighted by Crippen LogP contribution is 2.30. The summed E-state index contributed by atoms with van der Waals surface area (Å²) in [5.74, 6) is 0.765. The summed E-state index contributed by atoms with van der Waals surface area (Å²) in [6, 6.07) is 8.81. The predicted molar refractivity (Wildman–Crippen MR) is 71.2 cm³/mol. The molecule has 3 heteroatoms. The molecule has 82 valence electrons. The zero-order valence-electron chi connectivity index (χ0n) is 8.95. The van der Waals surface area contributed by atoms with Gasteiger partial charge in [0.2, 0.25) is 0 Å². The first kappa shape index (κ1) is 11.5. The standard InChI is InChI=1S/C12H16BrNS/c1-15-14-8-6-11(7-9-14)10-2-4-12(13)5-3-10/h2-5,11H,6-9H2,1H3. The molecule has 15 heavy (non-hydrogen) atoms. The minimum absolute atomic E-state index is 0.765. The van der Waals surface area contributed by atoms with Gasteiger partial charge in [-0.15, -0.1) is 0 Å². The van der Waals surface area contributed by atoms with Crippen LogP contribution in [0.25, 0.3) is 0 Å². The zero-order chi connectivity index (χ0) is 10.7. The van der Waals surface area contributed by atoms with Crippen LogP contribution >= 0.6 is 27.9 Å². The second kappa shape index (κ2) is 5.37. The fraction of sp³-hybridized carbons (Fsp3) is 0.500. The molecule has 1 saturated heterocycles. The molecule has 1 heterocycles. The second-order valence-corrected chi connectivity index (χ2v) is 5.73. The van der Waals surface area contributed by atoms with Gasteiger partial charge in [-0.2, -0.15) is 0 Å². The lowest BCUT2D eigenvalue weighted by atomic mass is 9.90. The van der Waals surface area contributed by atoms with Crippen molar-refractivity contribution in [1.82, 2.24) is 4.31 Å². The van der Waals surface area contributed by atoms with Crippen molar-refractivity contribution in [2.24, 2.45) is 0 Å². The molecule has 1 fully saturated rings. The van der Waals surface area contributed by atoms with Gasteiger partial charge in [0.05, 0.1) is 0 Å². The van der Waals surface area contributed by atoms with Crippen LogP contribution in [0, 0.1) is 0 Å². The molecule has 0 aliphatic carbocycles. The van der Waals surface area contributed by atoms with Gasteiger partial charge in [-0.3, -0.25) is 4.31 Å². The Hall–Kier alpha value is 0.01000. The molecule has 0 saturated carbocycles. The second-order valence-electron chi connectivity index (χ2n) is 3.94. The zero-order valence-corrected chi connectivity index (χ0v) is 11.4. The Morgan fingerprint density at radius 3 is 2.33 bits per heavy atom. The summed E-state index contributed by atoms with van der Waals surface area (Å²) in [4.78, 5) is 0. The Bertz CT molecular complexity index is 304. The van der Waals surface area contributed by atoms with Crippen molar-refractivity contribution in [2.45, 2.75) is 18.8 Å². The maximum atomic E-state index is 3.48. The van der Waals surface area contributed by atoms with Gasteiger partial charge in [0.25, 0.3) is 0 Å². The summed E-state index contributed by atoms with van der Waals surface area (Å²) < 4.78 is 3.63. The van der Waals surface area contributed by atoms with Crippen LogP contribution in [-0.4, -0.2) is 23.7 Å². The molecule has 1 aliphatic heterocycles. The molecule has 2 rings (SSSR count). The molecule has 0 aromatic heterocycles. The lowest BCUT2D eigenvalue weighted by Gasteiger charge is -2.30. The van der Waals surface area contributed by atoms with Crippen molar-refractivity contribution in [2.75, 3.05) is 19.3 Å². The molecule has 0 amide bonds. The summed E-state index contributed by atoms with van der Waals surface area (Å²) in [5.41, 5.74) is 1.50. The van der Waals surface area contributed by atoms with Gasteiger partial charge in [-0.05, 0) is 42.7 Å². The van der Waals surface area contributed by atoms with E-state index in [9.17, 15) is 0 Å². The first-order chi connectivity index (χ1) is 7.29. The number of halogens is 1. The Morgan fingerprint density at radius 2 is 1.80 bits per heavy atom. The van der Waals surface area contributed by atoms with E-state index in [1.54, 1.807) is 0 Å². The molecule has 1 aliphatic rings. The van der Waals surface area contributed by atoms with Gasteiger partial charge < -0.3 is 0 Å². The fourth-order valence-corrected chi connectivity index (χ4v) is 2.95. The van der Waals surface area contributed by atoms with E-state index >= 15 is 0 Å². The molecular formula is C12H16BrNS. The van der Waals surface area contributed by atoms with E-state index in [0.717, 1.165) is 5.92 Å². The van der Waals surface area contributed by atoms with Crippen molar-refractivity contribution < 1.29 is 0 Å². The average Bonchev–Trinajstić information content (AvgIpc) is 2.30. The van der Waals surface area contributed by atoms with Crippen LogP contribution in [0.4, 0.5) is 0 Å². The van der Waals surface area contributed by atoms with Crippen LogP contribution < -0.4 is 0 Å². The van der Waals surface area contributed by atoms with Crippen LogP contribution in [0.2, 0.25) is 0 Å². The molecular weight excluding hydrogens is 270 g/mol. The van der Waals surface area contributed by atoms with E-state index < -0.39 is 0 Å². The summed E-state index contributed by atoms with van der Waals surface area (Å²) in [5, 5.41) is 0. The topological polar surface area (TPSA) is 3.24 Å². The molecule has 0 N–H and O–H groups in total. The van der Waals surface area contributed by atoms with Gasteiger partial charge in [-0.25, -0.2) is 0 Å². The number of hydrogen-bond donors (Lipinski definition) is 0. The van der Waals surface area contributed by atoms with Gasteiger partial charge in [-0.1, -0.05) is 40.0 Å². The smallest absolute Gasteiger partial charge is 0.0175 e. The van der Waals surface area contributed by atoms with Gasteiger partial charge in [0.15, 0.2) is 0 Å². The molecule has 0 bridgehead atoms. The first-order valence-electron chi connectivity index (χ1n) is 5.34. The Kier molecular flexibility index (Phi) is 4.12. The third-order valence-corrected chi connectivity index (χ3v) is 4.46. The van der Waals surface area contributed by atoms with Crippen LogP contribution in [0.3, 0.4) is 0 Å². The largest absolute Gasteiger partial charge is 0.251 e. The minimum atomic E-state index is 0.765. The van der Waals surface area contributed by atoms with Crippen LogP contribution in [0.5, 0.6) is 0 Å². The Balaban J connectivity index is 1.98. The van der Waals surface area contributed by atoms with E-state index in [4.69, 9.17) is 0 Å². The minimum Gasteiger partial charge on any atom is -0.251 e.